The Balaban J connectivity index is 1.49. The number of carbonyl (C=O) groups excluding carboxylic acids is 2. The summed E-state index contributed by atoms with van der Waals surface area (Å²) in [6.45, 7) is 0. The number of thiazole rings is 1. The van der Waals surface area contributed by atoms with E-state index in [0.717, 1.165) is 15.3 Å². The molecule has 2 bridgehead atoms. The summed E-state index contributed by atoms with van der Waals surface area (Å²) < 4.78 is 42.2. The molecule has 0 radical (unpaired) electrons. The van der Waals surface area contributed by atoms with Crippen LogP contribution in [-0.2, 0) is 9.59 Å². The Morgan fingerprint density at radius 2 is 1.83 bits per heavy atom. The summed E-state index contributed by atoms with van der Waals surface area (Å²) in [5.74, 6) is -5.69. The number of rotatable bonds is 7. The molecule has 2 aliphatic rings. The minimum atomic E-state index is -2.74. The van der Waals surface area contributed by atoms with Gasteiger partial charge in [0.2, 0.25) is 5.91 Å². The number of alkyl halides is 4. The summed E-state index contributed by atoms with van der Waals surface area (Å²) in [5.41, 5.74) is 0.526. The lowest BCUT2D eigenvalue weighted by molar-refractivity contribution is -0.128. The monoisotopic (exact) mass is 535 g/mol. The van der Waals surface area contributed by atoms with E-state index in [2.05, 4.69) is 20.3 Å². The lowest BCUT2D eigenvalue weighted by Gasteiger charge is -2.34. The van der Waals surface area contributed by atoms with Crippen LogP contribution in [0.3, 0.4) is 0 Å². The van der Waals surface area contributed by atoms with Crippen molar-refractivity contribution in [2.24, 2.45) is 11.8 Å². The molecule has 2 amide bonds. The fraction of sp³-hybridized carbons (Fsp3) is 0.375. The molecule has 2 fully saturated rings. The fourth-order valence-electron chi connectivity index (χ4n) is 5.17. The van der Waals surface area contributed by atoms with Gasteiger partial charge in [-0.05, 0) is 36.5 Å². The van der Waals surface area contributed by atoms with E-state index in [-0.39, 0.29) is 30.0 Å². The predicted octanol–water partition coefficient (Wildman–Crippen LogP) is 4.76. The fourth-order valence-corrected chi connectivity index (χ4v) is 5.91. The first-order valence-corrected chi connectivity index (χ1v) is 12.6. The summed E-state index contributed by atoms with van der Waals surface area (Å²) in [5, 5.41) is 2.83. The molecular formula is C24H21ClF3N5O2S. The zero-order chi connectivity index (χ0) is 25.4. The van der Waals surface area contributed by atoms with Crippen LogP contribution in [0.4, 0.5) is 18.9 Å². The summed E-state index contributed by atoms with van der Waals surface area (Å²) in [7, 11) is 0. The number of aromatic nitrogens is 3. The van der Waals surface area contributed by atoms with Gasteiger partial charge in [0.05, 0.1) is 10.4 Å². The van der Waals surface area contributed by atoms with E-state index < -0.39 is 41.4 Å². The lowest BCUT2D eigenvalue weighted by Crippen LogP contribution is -2.50. The van der Waals surface area contributed by atoms with E-state index in [4.69, 9.17) is 11.6 Å². The van der Waals surface area contributed by atoms with Crippen molar-refractivity contribution in [3.8, 4) is 10.4 Å². The molecule has 0 aliphatic heterocycles. The van der Waals surface area contributed by atoms with Crippen LogP contribution in [0.5, 0.6) is 0 Å². The highest BCUT2D eigenvalue weighted by Gasteiger charge is 2.57. The molecule has 0 unspecified atom stereocenters. The molecule has 188 valence electrons. The van der Waals surface area contributed by atoms with E-state index in [1.807, 2.05) is 0 Å². The average Bonchev–Trinajstić information content (AvgIpc) is 3.59. The third kappa shape index (κ3) is 4.69. The molecule has 1 aromatic carbocycles. The zero-order valence-electron chi connectivity index (χ0n) is 18.7. The standard InChI is InChI=1S/C24H21ClF3N5O2S/c25-21(26)23(35)33(17-3-1-13(2-4-17)19-10-31-12-36-19)20(15-8-29-11-30-9-15)22(34)32-18-6-16-5-14(18)7-24(16,27)28/h1-4,8-12,14,16,18,20-21H,5-7H2,(H,32,34)/t14-,16-,18-,20+,21-/m0/s1. The molecule has 0 spiro atoms. The van der Waals surface area contributed by atoms with Gasteiger partial charge in [-0.2, -0.15) is 0 Å². The Kier molecular flexibility index (Phi) is 6.69. The number of hydrogen-bond donors (Lipinski definition) is 1. The molecule has 5 rings (SSSR count). The van der Waals surface area contributed by atoms with E-state index in [1.165, 1.54) is 30.1 Å². The van der Waals surface area contributed by atoms with Gasteiger partial charge in [0, 0.05) is 48.2 Å². The highest BCUT2D eigenvalue weighted by Crippen LogP contribution is 2.53. The molecule has 0 saturated heterocycles. The number of carbonyl (C=O) groups is 2. The van der Waals surface area contributed by atoms with E-state index >= 15 is 0 Å². The lowest BCUT2D eigenvalue weighted by atomic mass is 9.92. The number of fused-ring (bicyclic) bond motifs is 2. The number of nitrogens with zero attached hydrogens (tertiary/aromatic N) is 4. The first-order valence-electron chi connectivity index (χ1n) is 11.3. The van der Waals surface area contributed by atoms with Gasteiger partial charge in [0.15, 0.2) is 0 Å². The topological polar surface area (TPSA) is 88.1 Å². The Morgan fingerprint density at radius 3 is 2.39 bits per heavy atom. The summed E-state index contributed by atoms with van der Waals surface area (Å²) in [6, 6.07) is 4.75. The molecule has 3 aromatic rings. The summed E-state index contributed by atoms with van der Waals surface area (Å²) in [6.07, 6.45) is 5.81. The van der Waals surface area contributed by atoms with Crippen LogP contribution >= 0.6 is 22.9 Å². The molecule has 5 atom stereocenters. The quantitative estimate of drug-likeness (QED) is 0.441. The van der Waals surface area contributed by atoms with Gasteiger partial charge < -0.3 is 5.32 Å². The smallest absolute Gasteiger partial charge is 0.278 e. The van der Waals surface area contributed by atoms with Gasteiger partial charge in [-0.1, -0.05) is 23.7 Å². The number of amides is 2. The van der Waals surface area contributed by atoms with Gasteiger partial charge in [0.1, 0.15) is 12.4 Å². The SMILES string of the molecule is O=C(N[C@H]1C[C@@H]2C[C@H]1CC2(F)F)[C@@H](c1cncnc1)N(C(=O)[C@H](F)Cl)c1ccc(-c2cncs2)cc1. The van der Waals surface area contributed by atoms with Crippen molar-refractivity contribution in [1.29, 1.82) is 0 Å². The van der Waals surface area contributed by atoms with Gasteiger partial charge in [-0.15, -0.1) is 11.3 Å². The van der Waals surface area contributed by atoms with Gasteiger partial charge in [-0.3, -0.25) is 19.5 Å². The summed E-state index contributed by atoms with van der Waals surface area (Å²) in [4.78, 5) is 40.4. The van der Waals surface area contributed by atoms with Crippen LogP contribution in [0.1, 0.15) is 30.9 Å². The molecule has 12 heteroatoms. The van der Waals surface area contributed by atoms with Crippen LogP contribution in [-0.4, -0.2) is 44.4 Å². The summed E-state index contributed by atoms with van der Waals surface area (Å²) >= 11 is 6.99. The van der Waals surface area contributed by atoms with Crippen molar-refractivity contribution in [1.82, 2.24) is 20.3 Å². The highest BCUT2D eigenvalue weighted by atomic mass is 35.5. The van der Waals surface area contributed by atoms with Crippen LogP contribution < -0.4 is 10.2 Å². The van der Waals surface area contributed by atoms with Crippen LogP contribution in [0.25, 0.3) is 10.4 Å². The van der Waals surface area contributed by atoms with Crippen molar-refractivity contribution < 1.29 is 22.8 Å². The molecule has 2 aliphatic carbocycles. The number of nitrogens with one attached hydrogen (secondary N) is 1. The zero-order valence-corrected chi connectivity index (χ0v) is 20.3. The van der Waals surface area contributed by atoms with Gasteiger partial charge >= 0.3 is 0 Å². The maximum absolute atomic E-state index is 14.2. The highest BCUT2D eigenvalue weighted by molar-refractivity contribution is 7.13. The Hall–Kier alpha value is -3.05. The molecule has 36 heavy (non-hydrogen) atoms. The van der Waals surface area contributed by atoms with E-state index in [1.54, 1.807) is 36.0 Å². The van der Waals surface area contributed by atoms with Crippen molar-refractivity contribution in [3.05, 3.63) is 60.3 Å². The minimum absolute atomic E-state index is 0.139. The third-order valence-electron chi connectivity index (χ3n) is 6.84. The largest absolute Gasteiger partial charge is 0.351 e. The first-order chi connectivity index (χ1) is 17.2. The molecule has 1 N–H and O–H groups in total. The van der Waals surface area contributed by atoms with Crippen LogP contribution in [0.15, 0.2) is 54.7 Å². The molecule has 2 aromatic heterocycles. The van der Waals surface area contributed by atoms with Crippen LogP contribution in [0, 0.1) is 11.8 Å². The molecule has 2 saturated carbocycles. The van der Waals surface area contributed by atoms with Crippen molar-refractivity contribution in [2.75, 3.05) is 4.90 Å². The predicted molar refractivity (Wildman–Crippen MR) is 128 cm³/mol. The Morgan fingerprint density at radius 1 is 1.11 bits per heavy atom. The molecule has 2 heterocycles. The second kappa shape index (κ2) is 9.78. The number of halogens is 4. The minimum Gasteiger partial charge on any atom is -0.351 e. The maximum Gasteiger partial charge on any atom is 0.278 e. The Bertz CT molecular complexity index is 1230. The first kappa shape index (κ1) is 24.6. The molecular weight excluding hydrogens is 515 g/mol. The van der Waals surface area contributed by atoms with Gasteiger partial charge in [0.25, 0.3) is 17.5 Å². The van der Waals surface area contributed by atoms with Crippen molar-refractivity contribution in [2.45, 2.75) is 42.9 Å². The number of benzene rings is 1. The normalized spacial score (nSPS) is 23.7. The van der Waals surface area contributed by atoms with Crippen LogP contribution in [0.2, 0.25) is 0 Å². The maximum atomic E-state index is 14.2. The van der Waals surface area contributed by atoms with Crippen molar-refractivity contribution >= 4 is 40.4 Å². The molecule has 7 nitrogen and oxygen atoms in total. The van der Waals surface area contributed by atoms with Crippen molar-refractivity contribution in [3.63, 3.8) is 0 Å². The number of hydrogen-bond acceptors (Lipinski definition) is 6. The second-order valence-electron chi connectivity index (χ2n) is 9.00. The average molecular weight is 536 g/mol. The van der Waals surface area contributed by atoms with Gasteiger partial charge in [-0.25, -0.2) is 23.1 Å². The van der Waals surface area contributed by atoms with E-state index in [9.17, 15) is 22.8 Å². The Labute approximate surface area is 213 Å². The van der Waals surface area contributed by atoms with E-state index in [0.29, 0.717) is 6.42 Å². The third-order valence-corrected chi connectivity index (χ3v) is 7.85. The number of anilines is 1. The second-order valence-corrected chi connectivity index (χ2v) is 10.3.